The van der Waals surface area contributed by atoms with E-state index in [4.69, 9.17) is 0 Å². The quantitative estimate of drug-likeness (QED) is 0.598. The van der Waals surface area contributed by atoms with Gasteiger partial charge in [0.15, 0.2) is 16.5 Å². The number of aryl methyl sites for hydroxylation is 2. The van der Waals surface area contributed by atoms with Crippen LogP contribution in [0.25, 0.3) is 16.1 Å². The highest BCUT2D eigenvalue weighted by atomic mass is 32.1. The van der Waals surface area contributed by atoms with Crippen molar-refractivity contribution < 1.29 is 18.0 Å². The molecule has 0 saturated heterocycles. The van der Waals surface area contributed by atoms with Gasteiger partial charge in [-0.25, -0.2) is 14.5 Å². The van der Waals surface area contributed by atoms with Crippen LogP contribution < -0.4 is 5.32 Å². The molecule has 0 saturated carbocycles. The van der Waals surface area contributed by atoms with Crippen molar-refractivity contribution in [1.29, 1.82) is 0 Å². The third kappa shape index (κ3) is 3.98. The fourth-order valence-electron chi connectivity index (χ4n) is 3.42. The second kappa shape index (κ2) is 7.74. The zero-order chi connectivity index (χ0) is 21.5. The lowest BCUT2D eigenvalue weighted by Gasteiger charge is -2.15. The fourth-order valence-corrected chi connectivity index (χ4v) is 4.55. The van der Waals surface area contributed by atoms with E-state index in [9.17, 15) is 18.0 Å². The molecular formula is C19H22F3N5OS. The van der Waals surface area contributed by atoms with Gasteiger partial charge in [0, 0.05) is 24.2 Å². The molecule has 3 rings (SSSR count). The topological polar surface area (TPSA) is 72.2 Å². The molecule has 0 aliphatic heterocycles. The number of thiazole rings is 1. The van der Waals surface area contributed by atoms with Gasteiger partial charge in [0.25, 0.3) is 0 Å². The van der Waals surface area contributed by atoms with Crippen molar-refractivity contribution >= 4 is 28.0 Å². The van der Waals surface area contributed by atoms with E-state index in [-0.39, 0.29) is 15.9 Å². The SMILES string of the molecule is CCC(CC)c1cc(C)nc2c(-c3sc(NC(C)=O)nc3C(F)(F)F)c(C)nn12. The Bertz CT molecular complexity index is 1070. The maximum Gasteiger partial charge on any atom is 0.434 e. The minimum Gasteiger partial charge on any atom is -0.302 e. The van der Waals surface area contributed by atoms with Crippen LogP contribution in [0.1, 0.15) is 62.3 Å². The first kappa shape index (κ1) is 21.2. The Balaban J connectivity index is 2.32. The van der Waals surface area contributed by atoms with Crippen LogP contribution in [-0.4, -0.2) is 25.5 Å². The van der Waals surface area contributed by atoms with Gasteiger partial charge in [-0.15, -0.1) is 0 Å². The molecule has 0 spiro atoms. The minimum absolute atomic E-state index is 0.0950. The van der Waals surface area contributed by atoms with Gasteiger partial charge >= 0.3 is 6.18 Å². The molecule has 3 aromatic heterocycles. The normalized spacial score (nSPS) is 12.2. The van der Waals surface area contributed by atoms with E-state index in [1.807, 2.05) is 13.0 Å². The first-order valence-electron chi connectivity index (χ1n) is 9.29. The number of fused-ring (bicyclic) bond motifs is 1. The third-order valence-corrected chi connectivity index (χ3v) is 5.72. The monoisotopic (exact) mass is 425 g/mol. The highest BCUT2D eigenvalue weighted by molar-refractivity contribution is 7.19. The zero-order valence-electron chi connectivity index (χ0n) is 16.8. The second-order valence-electron chi connectivity index (χ2n) is 6.91. The van der Waals surface area contributed by atoms with Gasteiger partial charge in [0.05, 0.1) is 16.1 Å². The molecule has 1 N–H and O–H groups in total. The number of rotatable bonds is 5. The van der Waals surface area contributed by atoms with Crippen molar-refractivity contribution in [1.82, 2.24) is 19.6 Å². The number of nitrogens with zero attached hydrogens (tertiary/aromatic N) is 4. The Morgan fingerprint density at radius 3 is 2.45 bits per heavy atom. The molecule has 156 valence electrons. The van der Waals surface area contributed by atoms with Crippen LogP contribution in [0.2, 0.25) is 0 Å². The lowest BCUT2D eigenvalue weighted by atomic mass is 9.98. The van der Waals surface area contributed by atoms with Crippen LogP contribution in [0, 0.1) is 13.8 Å². The van der Waals surface area contributed by atoms with Crippen molar-refractivity contribution in [2.24, 2.45) is 0 Å². The predicted molar refractivity (Wildman–Crippen MR) is 106 cm³/mol. The molecule has 0 aliphatic rings. The summed E-state index contributed by atoms with van der Waals surface area (Å²) in [7, 11) is 0. The molecule has 29 heavy (non-hydrogen) atoms. The average molecular weight is 425 g/mol. The molecule has 3 heterocycles. The second-order valence-corrected chi connectivity index (χ2v) is 7.91. The summed E-state index contributed by atoms with van der Waals surface area (Å²) >= 11 is 0.777. The maximum absolute atomic E-state index is 13.7. The van der Waals surface area contributed by atoms with Gasteiger partial charge in [-0.1, -0.05) is 25.2 Å². The lowest BCUT2D eigenvalue weighted by Crippen LogP contribution is -2.09. The lowest BCUT2D eigenvalue weighted by molar-refractivity contribution is -0.140. The summed E-state index contributed by atoms with van der Waals surface area (Å²) in [6.07, 6.45) is -2.92. The predicted octanol–water partition coefficient (Wildman–Crippen LogP) is 5.35. The Labute approximate surface area is 170 Å². The van der Waals surface area contributed by atoms with Crippen LogP contribution in [0.3, 0.4) is 0 Å². The number of amides is 1. The summed E-state index contributed by atoms with van der Waals surface area (Å²) in [5.41, 5.74) is 1.68. The number of aromatic nitrogens is 4. The van der Waals surface area contributed by atoms with E-state index < -0.39 is 17.8 Å². The van der Waals surface area contributed by atoms with Crippen molar-refractivity contribution in [3.63, 3.8) is 0 Å². The maximum atomic E-state index is 13.7. The zero-order valence-corrected chi connectivity index (χ0v) is 17.6. The van der Waals surface area contributed by atoms with Crippen molar-refractivity contribution in [3.8, 4) is 10.4 Å². The number of nitrogens with one attached hydrogen (secondary N) is 1. The molecule has 0 fully saturated rings. The smallest absolute Gasteiger partial charge is 0.302 e. The Morgan fingerprint density at radius 1 is 1.24 bits per heavy atom. The van der Waals surface area contributed by atoms with E-state index in [0.29, 0.717) is 22.6 Å². The highest BCUT2D eigenvalue weighted by Gasteiger charge is 2.39. The number of carbonyl (C=O) groups excluding carboxylic acids is 1. The average Bonchev–Trinajstić information content (AvgIpc) is 3.15. The number of carbonyl (C=O) groups is 1. The fraction of sp³-hybridized carbons (Fsp3) is 0.474. The van der Waals surface area contributed by atoms with Crippen LogP contribution in [0.15, 0.2) is 6.07 Å². The number of alkyl halides is 3. The van der Waals surface area contributed by atoms with Gasteiger partial charge in [0.1, 0.15) is 0 Å². The van der Waals surface area contributed by atoms with Crippen LogP contribution in [-0.2, 0) is 11.0 Å². The first-order valence-corrected chi connectivity index (χ1v) is 10.1. The van der Waals surface area contributed by atoms with Gasteiger partial charge < -0.3 is 5.32 Å². The molecule has 3 aromatic rings. The molecule has 6 nitrogen and oxygen atoms in total. The molecule has 0 unspecified atom stereocenters. The van der Waals surface area contributed by atoms with E-state index in [2.05, 4.69) is 34.2 Å². The largest absolute Gasteiger partial charge is 0.434 e. The molecule has 10 heteroatoms. The summed E-state index contributed by atoms with van der Waals surface area (Å²) in [4.78, 5) is 19.4. The summed E-state index contributed by atoms with van der Waals surface area (Å²) in [5.74, 6) is -0.273. The molecular weight excluding hydrogens is 403 g/mol. The van der Waals surface area contributed by atoms with Gasteiger partial charge in [-0.2, -0.15) is 18.3 Å². The molecule has 1 amide bonds. The molecule has 0 aromatic carbocycles. The van der Waals surface area contributed by atoms with E-state index in [1.165, 1.54) is 6.92 Å². The van der Waals surface area contributed by atoms with Crippen molar-refractivity contribution in [2.45, 2.75) is 59.6 Å². The number of anilines is 1. The molecule has 0 radical (unpaired) electrons. The van der Waals surface area contributed by atoms with Crippen molar-refractivity contribution in [2.75, 3.05) is 5.32 Å². The summed E-state index contributed by atoms with van der Waals surface area (Å²) in [6.45, 7) is 8.84. The van der Waals surface area contributed by atoms with Crippen LogP contribution >= 0.6 is 11.3 Å². The Hall–Kier alpha value is -2.49. The van der Waals surface area contributed by atoms with E-state index >= 15 is 0 Å². The van der Waals surface area contributed by atoms with Gasteiger partial charge in [-0.3, -0.25) is 4.79 Å². The standard InChI is InChI=1S/C19H22F3N5OS/c1-6-12(7-2)13-8-9(3)23-17-14(10(4)26-27(13)17)15-16(19(20,21)22)25-18(29-15)24-11(5)28/h8,12H,6-7H2,1-5H3,(H,24,25,28). The number of halogens is 3. The van der Waals surface area contributed by atoms with Crippen LogP contribution in [0.4, 0.5) is 18.3 Å². The van der Waals surface area contributed by atoms with Gasteiger partial charge in [0.2, 0.25) is 5.91 Å². The third-order valence-electron chi connectivity index (χ3n) is 4.73. The molecule has 0 aliphatic carbocycles. The van der Waals surface area contributed by atoms with Gasteiger partial charge in [-0.05, 0) is 32.8 Å². The molecule has 0 bridgehead atoms. The minimum atomic E-state index is -4.68. The van der Waals surface area contributed by atoms with Crippen LogP contribution in [0.5, 0.6) is 0 Å². The first-order chi connectivity index (χ1) is 13.6. The highest BCUT2D eigenvalue weighted by Crippen LogP contribution is 2.44. The molecule has 0 atom stereocenters. The van der Waals surface area contributed by atoms with Crippen molar-refractivity contribution in [3.05, 3.63) is 28.8 Å². The van der Waals surface area contributed by atoms with E-state index in [0.717, 1.165) is 29.9 Å². The number of hydrogen-bond donors (Lipinski definition) is 1. The summed E-state index contributed by atoms with van der Waals surface area (Å²) in [6, 6.07) is 1.93. The Kier molecular flexibility index (Phi) is 5.66. The summed E-state index contributed by atoms with van der Waals surface area (Å²) < 4.78 is 42.8. The summed E-state index contributed by atoms with van der Waals surface area (Å²) in [5, 5.41) is 6.76. The van der Waals surface area contributed by atoms with E-state index in [1.54, 1.807) is 11.4 Å². The number of hydrogen-bond acceptors (Lipinski definition) is 5. The Morgan fingerprint density at radius 2 is 1.90 bits per heavy atom.